The number of aromatic amines is 1. The zero-order chi connectivity index (χ0) is 18.0. The highest BCUT2D eigenvalue weighted by Crippen LogP contribution is 2.17. The second-order valence-electron chi connectivity index (χ2n) is 4.82. The molecule has 0 unspecified atom stereocenters. The lowest BCUT2D eigenvalue weighted by Gasteiger charge is -2.05. The van der Waals surface area contributed by atoms with Crippen LogP contribution in [-0.4, -0.2) is 43.9 Å². The van der Waals surface area contributed by atoms with Gasteiger partial charge in [0.1, 0.15) is 5.82 Å². The Morgan fingerprint density at radius 3 is 2.60 bits per heavy atom. The first-order chi connectivity index (χ1) is 11.9. The number of aliphatic hydroxyl groups is 1. The lowest BCUT2D eigenvalue weighted by molar-refractivity contribution is 0.104. The number of allylic oxidation sites excluding steroid dienone is 1. The molecule has 0 atom stereocenters. The molecule has 25 heavy (non-hydrogen) atoms. The van der Waals surface area contributed by atoms with Gasteiger partial charge in [-0.15, -0.1) is 10.2 Å². The van der Waals surface area contributed by atoms with Gasteiger partial charge in [-0.3, -0.25) is 4.79 Å². The van der Waals surface area contributed by atoms with Gasteiger partial charge in [0.2, 0.25) is 5.82 Å². The highest BCUT2D eigenvalue weighted by atomic mass is 32.2. The quantitative estimate of drug-likeness (QED) is 0.395. The second kappa shape index (κ2) is 6.28. The molecule has 11 heteroatoms. The van der Waals surface area contributed by atoms with E-state index in [1.807, 2.05) is 0 Å². The topological polar surface area (TPSA) is 131 Å². The average molecular weight is 363 g/mol. The standard InChI is InChI=1S/C14H10FN5O4S/c15-10-1-3-11(4-2-10)25(23,24)20-6-5-9(8-20)12(21)7-13(22)14-16-18-19-17-14/h1-8,22H,(H,16,17,18,19). The van der Waals surface area contributed by atoms with Crippen molar-refractivity contribution in [3.8, 4) is 0 Å². The number of H-pyrrole nitrogens is 1. The van der Waals surface area contributed by atoms with Crippen LogP contribution in [0.2, 0.25) is 0 Å². The normalized spacial score (nSPS) is 12.3. The average Bonchev–Trinajstić information content (AvgIpc) is 3.27. The molecule has 0 fully saturated rings. The number of aliphatic hydroxyl groups excluding tert-OH is 1. The first kappa shape index (κ1) is 16.5. The number of ketones is 1. The second-order valence-corrected chi connectivity index (χ2v) is 6.66. The Morgan fingerprint density at radius 2 is 1.96 bits per heavy atom. The molecule has 0 aliphatic heterocycles. The predicted octanol–water partition coefficient (Wildman–Crippen LogP) is 1.16. The van der Waals surface area contributed by atoms with Crippen LogP contribution in [0.15, 0.2) is 53.7 Å². The number of nitrogens with zero attached hydrogens (tertiary/aromatic N) is 4. The fourth-order valence-corrected chi connectivity index (χ4v) is 3.14. The molecule has 128 valence electrons. The molecule has 0 amide bonds. The number of benzene rings is 1. The minimum Gasteiger partial charge on any atom is -0.504 e. The van der Waals surface area contributed by atoms with E-state index in [1.54, 1.807) is 0 Å². The van der Waals surface area contributed by atoms with Gasteiger partial charge in [-0.2, -0.15) is 5.21 Å². The van der Waals surface area contributed by atoms with E-state index in [-0.39, 0.29) is 16.3 Å². The molecule has 0 saturated heterocycles. The molecule has 0 aliphatic carbocycles. The molecule has 0 aliphatic rings. The first-order valence-electron chi connectivity index (χ1n) is 6.76. The summed E-state index contributed by atoms with van der Waals surface area (Å²) in [5, 5.41) is 22.1. The van der Waals surface area contributed by atoms with Gasteiger partial charge < -0.3 is 5.11 Å². The van der Waals surface area contributed by atoms with E-state index in [0.717, 1.165) is 40.5 Å². The van der Waals surface area contributed by atoms with Gasteiger partial charge >= 0.3 is 0 Å². The highest BCUT2D eigenvalue weighted by molar-refractivity contribution is 7.90. The van der Waals surface area contributed by atoms with Crippen LogP contribution >= 0.6 is 0 Å². The Balaban J connectivity index is 1.88. The van der Waals surface area contributed by atoms with E-state index in [2.05, 4.69) is 20.6 Å². The van der Waals surface area contributed by atoms with Gasteiger partial charge in [-0.1, -0.05) is 0 Å². The van der Waals surface area contributed by atoms with Crippen molar-refractivity contribution < 1.29 is 22.7 Å². The summed E-state index contributed by atoms with van der Waals surface area (Å²) in [5.41, 5.74) is 0.0146. The highest BCUT2D eigenvalue weighted by Gasteiger charge is 2.18. The van der Waals surface area contributed by atoms with Crippen molar-refractivity contribution in [3.63, 3.8) is 0 Å². The SMILES string of the molecule is O=C(C=C(O)c1nn[nH]n1)c1ccn(S(=O)(=O)c2ccc(F)cc2)c1. The maximum atomic E-state index is 12.9. The third kappa shape index (κ3) is 3.30. The van der Waals surface area contributed by atoms with Crippen LogP contribution in [0.1, 0.15) is 16.2 Å². The van der Waals surface area contributed by atoms with Gasteiger partial charge in [0, 0.05) is 24.0 Å². The van der Waals surface area contributed by atoms with Gasteiger partial charge in [0.05, 0.1) is 4.90 Å². The van der Waals surface area contributed by atoms with E-state index >= 15 is 0 Å². The molecule has 3 aromatic rings. The van der Waals surface area contributed by atoms with Gasteiger partial charge in [-0.05, 0) is 35.5 Å². The zero-order valence-electron chi connectivity index (χ0n) is 12.4. The Labute approximate surface area is 140 Å². The molecule has 2 aromatic heterocycles. The van der Waals surface area contributed by atoms with Crippen molar-refractivity contribution >= 4 is 21.6 Å². The maximum Gasteiger partial charge on any atom is 0.267 e. The Kier molecular flexibility index (Phi) is 4.15. The molecule has 2 N–H and O–H groups in total. The number of hydrogen-bond donors (Lipinski definition) is 2. The Hall–Kier alpha value is -3.34. The molecule has 1 aromatic carbocycles. The van der Waals surface area contributed by atoms with E-state index in [1.165, 1.54) is 12.3 Å². The molecule has 2 heterocycles. The number of halogens is 1. The van der Waals surface area contributed by atoms with Crippen molar-refractivity contribution in [1.29, 1.82) is 0 Å². The number of tetrazole rings is 1. The van der Waals surface area contributed by atoms with Gasteiger partial charge in [0.25, 0.3) is 10.0 Å². The van der Waals surface area contributed by atoms with Crippen molar-refractivity contribution in [2.75, 3.05) is 0 Å². The summed E-state index contributed by atoms with van der Waals surface area (Å²) in [7, 11) is -3.97. The summed E-state index contributed by atoms with van der Waals surface area (Å²) in [6.07, 6.45) is 3.10. The zero-order valence-corrected chi connectivity index (χ0v) is 13.2. The number of carbonyl (C=O) groups excluding carboxylic acids is 1. The molecular weight excluding hydrogens is 353 g/mol. The predicted molar refractivity (Wildman–Crippen MR) is 82.5 cm³/mol. The van der Waals surface area contributed by atoms with Crippen molar-refractivity contribution in [3.05, 3.63) is 66.0 Å². The fourth-order valence-electron chi connectivity index (χ4n) is 1.94. The van der Waals surface area contributed by atoms with Crippen LogP contribution in [0.3, 0.4) is 0 Å². The van der Waals surface area contributed by atoms with Crippen LogP contribution in [0.5, 0.6) is 0 Å². The summed E-state index contributed by atoms with van der Waals surface area (Å²) >= 11 is 0. The van der Waals surface area contributed by atoms with Crippen molar-refractivity contribution in [2.24, 2.45) is 0 Å². The number of hydrogen-bond acceptors (Lipinski definition) is 7. The third-order valence-electron chi connectivity index (χ3n) is 3.18. The molecule has 0 bridgehead atoms. The summed E-state index contributed by atoms with van der Waals surface area (Å²) in [6, 6.07) is 5.55. The lowest BCUT2D eigenvalue weighted by Crippen LogP contribution is -2.11. The fraction of sp³-hybridized carbons (Fsp3) is 0. The molecule has 0 radical (unpaired) electrons. The van der Waals surface area contributed by atoms with Crippen molar-refractivity contribution in [2.45, 2.75) is 4.90 Å². The Morgan fingerprint density at radius 1 is 1.24 bits per heavy atom. The van der Waals surface area contributed by atoms with Crippen LogP contribution < -0.4 is 0 Å². The van der Waals surface area contributed by atoms with Crippen molar-refractivity contribution in [1.82, 2.24) is 24.6 Å². The number of nitrogens with one attached hydrogen (secondary N) is 1. The largest absolute Gasteiger partial charge is 0.504 e. The monoisotopic (exact) mass is 363 g/mol. The lowest BCUT2D eigenvalue weighted by atomic mass is 10.2. The summed E-state index contributed by atoms with van der Waals surface area (Å²) in [4.78, 5) is 12.0. The molecular formula is C14H10FN5O4S. The van der Waals surface area contributed by atoms with Crippen LogP contribution in [-0.2, 0) is 10.0 Å². The number of rotatable bonds is 5. The van der Waals surface area contributed by atoms with Gasteiger partial charge in [0.15, 0.2) is 11.5 Å². The molecule has 3 rings (SSSR count). The number of aromatic nitrogens is 5. The minimum absolute atomic E-state index is 0.0146. The molecule has 0 saturated carbocycles. The summed E-state index contributed by atoms with van der Waals surface area (Å²) < 4.78 is 38.6. The van der Waals surface area contributed by atoms with Crippen LogP contribution in [0.25, 0.3) is 5.76 Å². The third-order valence-corrected chi connectivity index (χ3v) is 4.83. The van der Waals surface area contributed by atoms with E-state index in [4.69, 9.17) is 0 Å². The summed E-state index contributed by atoms with van der Waals surface area (Å²) in [5.74, 6) is -1.92. The molecule has 9 nitrogen and oxygen atoms in total. The van der Waals surface area contributed by atoms with E-state index in [9.17, 15) is 22.7 Å². The van der Waals surface area contributed by atoms with E-state index < -0.39 is 27.4 Å². The Bertz CT molecular complexity index is 1040. The first-order valence-corrected chi connectivity index (χ1v) is 8.20. The molecule has 0 spiro atoms. The minimum atomic E-state index is -3.97. The van der Waals surface area contributed by atoms with Gasteiger partial charge in [-0.25, -0.2) is 16.8 Å². The van der Waals surface area contributed by atoms with Crippen LogP contribution in [0, 0.1) is 5.82 Å². The number of carbonyl (C=O) groups is 1. The smallest absolute Gasteiger partial charge is 0.267 e. The van der Waals surface area contributed by atoms with Crippen LogP contribution in [0.4, 0.5) is 4.39 Å². The van der Waals surface area contributed by atoms with E-state index in [0.29, 0.717) is 0 Å². The maximum absolute atomic E-state index is 12.9. The summed E-state index contributed by atoms with van der Waals surface area (Å²) in [6.45, 7) is 0.